The highest BCUT2D eigenvalue weighted by Gasteiger charge is 2.44. The van der Waals surface area contributed by atoms with Crippen LogP contribution in [0.2, 0.25) is 5.28 Å². The van der Waals surface area contributed by atoms with Crippen LogP contribution in [0.5, 0.6) is 0 Å². The van der Waals surface area contributed by atoms with Crippen LogP contribution in [0.1, 0.15) is 25.1 Å². The number of ether oxygens (including phenoxy) is 2. The van der Waals surface area contributed by atoms with Gasteiger partial charge < -0.3 is 25.4 Å². The number of halogens is 1. The van der Waals surface area contributed by atoms with Crippen molar-refractivity contribution in [2.24, 2.45) is 0 Å². The number of nitrogens with zero attached hydrogens (tertiary/aromatic N) is 4. The Labute approximate surface area is 178 Å². The van der Waals surface area contributed by atoms with Gasteiger partial charge in [-0.05, 0) is 36.9 Å². The van der Waals surface area contributed by atoms with E-state index < -0.39 is 24.5 Å². The SMILES string of the molecule is CC(CCc1ccccc1)OC[C@H]1O[C@@H](n2cnc3c(N)nc(Cl)nc32)[C@H](O)[C@@H]1O. The van der Waals surface area contributed by atoms with E-state index in [0.29, 0.717) is 11.2 Å². The van der Waals surface area contributed by atoms with Gasteiger partial charge in [-0.2, -0.15) is 9.97 Å². The molecule has 0 saturated carbocycles. The minimum absolute atomic E-state index is 0.0300. The van der Waals surface area contributed by atoms with Gasteiger partial charge in [0, 0.05) is 0 Å². The molecule has 0 spiro atoms. The van der Waals surface area contributed by atoms with E-state index in [-0.39, 0.29) is 23.8 Å². The van der Waals surface area contributed by atoms with Crippen LogP contribution in [0.25, 0.3) is 11.2 Å². The number of imidazole rings is 1. The molecule has 10 heteroatoms. The van der Waals surface area contributed by atoms with Gasteiger partial charge in [-0.3, -0.25) is 4.57 Å². The third kappa shape index (κ3) is 4.26. The van der Waals surface area contributed by atoms with E-state index in [1.807, 2.05) is 25.1 Å². The summed E-state index contributed by atoms with van der Waals surface area (Å²) in [4.78, 5) is 12.2. The zero-order valence-electron chi connectivity index (χ0n) is 16.4. The van der Waals surface area contributed by atoms with Gasteiger partial charge in [-0.15, -0.1) is 0 Å². The summed E-state index contributed by atoms with van der Waals surface area (Å²) in [7, 11) is 0. The van der Waals surface area contributed by atoms with E-state index in [2.05, 4.69) is 27.1 Å². The van der Waals surface area contributed by atoms with Gasteiger partial charge in [0.2, 0.25) is 5.28 Å². The van der Waals surface area contributed by atoms with E-state index >= 15 is 0 Å². The number of aryl methyl sites for hydroxylation is 1. The largest absolute Gasteiger partial charge is 0.387 e. The minimum Gasteiger partial charge on any atom is -0.387 e. The molecule has 1 unspecified atom stereocenters. The molecule has 4 rings (SSSR count). The van der Waals surface area contributed by atoms with E-state index in [1.54, 1.807) is 0 Å². The Balaban J connectivity index is 1.39. The number of rotatable bonds is 7. The molecule has 0 amide bonds. The molecule has 1 aliphatic rings. The molecule has 1 aliphatic heterocycles. The summed E-state index contributed by atoms with van der Waals surface area (Å²) in [5.41, 5.74) is 7.74. The molecule has 0 radical (unpaired) electrons. The lowest BCUT2D eigenvalue weighted by Gasteiger charge is -2.19. The summed E-state index contributed by atoms with van der Waals surface area (Å²) in [6.45, 7) is 2.12. The average molecular weight is 434 g/mol. The molecule has 1 saturated heterocycles. The number of aromatic nitrogens is 4. The number of nitrogen functional groups attached to an aromatic ring is 1. The molecule has 2 aromatic heterocycles. The van der Waals surface area contributed by atoms with Crippen LogP contribution in [0, 0.1) is 0 Å². The molecule has 3 heterocycles. The van der Waals surface area contributed by atoms with E-state index in [4.69, 9.17) is 26.8 Å². The Morgan fingerprint density at radius 3 is 2.77 bits per heavy atom. The van der Waals surface area contributed by atoms with Crippen molar-refractivity contribution in [2.45, 2.75) is 50.4 Å². The summed E-state index contributed by atoms with van der Waals surface area (Å²) in [5.74, 6) is 0.129. The Hall–Kier alpha value is -2.30. The Morgan fingerprint density at radius 2 is 2.00 bits per heavy atom. The van der Waals surface area contributed by atoms with Crippen LogP contribution < -0.4 is 5.73 Å². The third-order valence-electron chi connectivity index (χ3n) is 5.26. The van der Waals surface area contributed by atoms with Crippen LogP contribution >= 0.6 is 11.6 Å². The highest BCUT2D eigenvalue weighted by molar-refractivity contribution is 6.28. The fourth-order valence-corrected chi connectivity index (χ4v) is 3.72. The summed E-state index contributed by atoms with van der Waals surface area (Å²) in [5, 5.41) is 20.9. The maximum Gasteiger partial charge on any atom is 0.226 e. The van der Waals surface area contributed by atoms with Crippen molar-refractivity contribution >= 4 is 28.6 Å². The minimum atomic E-state index is -1.19. The second-order valence-corrected chi connectivity index (χ2v) is 7.75. The quantitative estimate of drug-likeness (QED) is 0.480. The number of nitrogens with two attached hydrogens (primary N) is 1. The summed E-state index contributed by atoms with van der Waals surface area (Å²) in [6.07, 6.45) is -0.783. The second kappa shape index (κ2) is 8.83. The van der Waals surface area contributed by atoms with Crippen molar-refractivity contribution in [3.05, 3.63) is 47.5 Å². The van der Waals surface area contributed by atoms with E-state index in [1.165, 1.54) is 16.5 Å². The van der Waals surface area contributed by atoms with Crippen LogP contribution in [0.3, 0.4) is 0 Å². The van der Waals surface area contributed by atoms with Crippen LogP contribution in [0.15, 0.2) is 36.7 Å². The van der Waals surface area contributed by atoms with Gasteiger partial charge in [0.05, 0.1) is 19.0 Å². The topological polar surface area (TPSA) is 129 Å². The van der Waals surface area contributed by atoms with Gasteiger partial charge >= 0.3 is 0 Å². The molecule has 4 N–H and O–H groups in total. The third-order valence-corrected chi connectivity index (χ3v) is 5.43. The lowest BCUT2D eigenvalue weighted by Crippen LogP contribution is -2.34. The van der Waals surface area contributed by atoms with E-state index in [9.17, 15) is 10.2 Å². The Kier molecular flexibility index (Phi) is 6.16. The molecule has 30 heavy (non-hydrogen) atoms. The van der Waals surface area contributed by atoms with Gasteiger partial charge in [-0.1, -0.05) is 30.3 Å². The second-order valence-electron chi connectivity index (χ2n) is 7.42. The first-order chi connectivity index (χ1) is 14.4. The normalized spacial score (nSPS) is 25.1. The zero-order chi connectivity index (χ0) is 21.3. The fraction of sp³-hybridized carbons (Fsp3) is 0.450. The highest BCUT2D eigenvalue weighted by Crippen LogP contribution is 2.32. The van der Waals surface area contributed by atoms with Crippen molar-refractivity contribution in [3.63, 3.8) is 0 Å². The number of aliphatic hydroxyl groups excluding tert-OH is 2. The fourth-order valence-electron chi connectivity index (χ4n) is 3.55. The lowest BCUT2D eigenvalue weighted by atomic mass is 10.1. The van der Waals surface area contributed by atoms with Crippen LogP contribution in [-0.4, -0.2) is 60.8 Å². The van der Waals surface area contributed by atoms with Crippen molar-refractivity contribution in [1.29, 1.82) is 0 Å². The first kappa shape index (κ1) is 21.0. The molecule has 1 fully saturated rings. The maximum atomic E-state index is 10.5. The molecule has 1 aromatic carbocycles. The van der Waals surface area contributed by atoms with Crippen molar-refractivity contribution < 1.29 is 19.7 Å². The van der Waals surface area contributed by atoms with Gasteiger partial charge in [-0.25, -0.2) is 4.98 Å². The number of anilines is 1. The Bertz CT molecular complexity index is 1000. The molecule has 160 valence electrons. The summed E-state index contributed by atoms with van der Waals surface area (Å²) in [6, 6.07) is 10.2. The molecule has 3 aromatic rings. The number of hydrogen-bond donors (Lipinski definition) is 3. The van der Waals surface area contributed by atoms with E-state index in [0.717, 1.165) is 12.8 Å². The van der Waals surface area contributed by atoms with Gasteiger partial charge in [0.1, 0.15) is 23.8 Å². The summed E-state index contributed by atoms with van der Waals surface area (Å²) >= 11 is 5.90. The maximum absolute atomic E-state index is 10.5. The van der Waals surface area contributed by atoms with Crippen LogP contribution in [0.4, 0.5) is 5.82 Å². The van der Waals surface area contributed by atoms with Gasteiger partial charge in [0.25, 0.3) is 0 Å². The van der Waals surface area contributed by atoms with Crippen LogP contribution in [-0.2, 0) is 15.9 Å². The Morgan fingerprint density at radius 1 is 1.23 bits per heavy atom. The lowest BCUT2D eigenvalue weighted by molar-refractivity contribution is -0.0790. The summed E-state index contributed by atoms with van der Waals surface area (Å²) < 4.78 is 13.2. The van der Waals surface area contributed by atoms with Crippen molar-refractivity contribution in [2.75, 3.05) is 12.3 Å². The zero-order valence-corrected chi connectivity index (χ0v) is 17.2. The van der Waals surface area contributed by atoms with Gasteiger partial charge in [0.15, 0.2) is 17.7 Å². The molecular formula is C20H24ClN5O4. The van der Waals surface area contributed by atoms with Crippen molar-refractivity contribution in [1.82, 2.24) is 19.5 Å². The molecule has 5 atom stereocenters. The molecular weight excluding hydrogens is 410 g/mol. The van der Waals surface area contributed by atoms with Crippen molar-refractivity contribution in [3.8, 4) is 0 Å². The first-order valence-corrected chi connectivity index (χ1v) is 10.1. The highest BCUT2D eigenvalue weighted by atomic mass is 35.5. The number of aliphatic hydroxyl groups is 2. The predicted molar refractivity (Wildman–Crippen MR) is 111 cm³/mol. The smallest absolute Gasteiger partial charge is 0.226 e. The standard InChI is InChI=1S/C20H24ClN5O4/c1-11(7-8-12-5-3-2-4-6-12)29-9-13-15(27)16(28)19(30-13)26-10-23-14-17(22)24-20(21)25-18(14)26/h2-6,10-11,13,15-16,19,27-28H,7-9H2,1H3,(H2,22,24,25)/t11?,13-,15-,16-,19-/m1/s1. The molecule has 0 aliphatic carbocycles. The first-order valence-electron chi connectivity index (χ1n) is 9.76. The number of hydrogen-bond acceptors (Lipinski definition) is 8. The molecule has 0 bridgehead atoms. The monoisotopic (exact) mass is 433 g/mol. The number of benzene rings is 1. The number of fused-ring (bicyclic) bond motifs is 1. The molecule has 9 nitrogen and oxygen atoms in total. The predicted octanol–water partition coefficient (Wildman–Crippen LogP) is 1.72. The average Bonchev–Trinajstić information content (AvgIpc) is 3.27.